The third-order valence-electron chi connectivity index (χ3n) is 4.73. The number of nitrogens with zero attached hydrogens (tertiary/aromatic N) is 3. The molecule has 4 rings (SSSR count). The van der Waals surface area contributed by atoms with Gasteiger partial charge in [0.05, 0.1) is 6.54 Å². The fraction of sp³-hybridized carbons (Fsp3) is 0.333. The van der Waals surface area contributed by atoms with Crippen LogP contribution in [0.4, 0.5) is 27.7 Å². The van der Waals surface area contributed by atoms with Crippen LogP contribution in [0.5, 0.6) is 0 Å². The highest BCUT2D eigenvalue weighted by atomic mass is 16.2. The van der Waals surface area contributed by atoms with Crippen molar-refractivity contribution in [2.75, 3.05) is 48.8 Å². The molecular formula is C18H22N6O. The molecular weight excluding hydrogens is 316 g/mol. The van der Waals surface area contributed by atoms with Crippen LogP contribution in [-0.4, -0.2) is 49.1 Å². The number of hydrogen-bond acceptors (Lipinski definition) is 5. The molecule has 0 aliphatic carbocycles. The Morgan fingerprint density at radius 1 is 1.08 bits per heavy atom. The molecule has 3 heterocycles. The number of benzene rings is 1. The number of piperazine rings is 1. The number of carbonyl (C=O) groups excluding carboxylic acids is 1. The van der Waals surface area contributed by atoms with Crippen molar-refractivity contribution in [3.63, 3.8) is 0 Å². The van der Waals surface area contributed by atoms with E-state index in [9.17, 15) is 4.79 Å². The van der Waals surface area contributed by atoms with Crippen molar-refractivity contribution in [3.8, 4) is 0 Å². The minimum atomic E-state index is -0.214. The van der Waals surface area contributed by atoms with Gasteiger partial charge in [0.1, 0.15) is 5.82 Å². The Labute approximate surface area is 147 Å². The van der Waals surface area contributed by atoms with E-state index in [1.807, 2.05) is 6.07 Å². The Morgan fingerprint density at radius 3 is 2.60 bits per heavy atom. The third kappa shape index (κ3) is 3.36. The SMILES string of the molecule is CN1CCN(c2ccc(Nc3ccnc4c3CNC(=O)N4)cc2)CC1. The predicted octanol–water partition coefficient (Wildman–Crippen LogP) is 2.21. The van der Waals surface area contributed by atoms with E-state index in [-0.39, 0.29) is 6.03 Å². The molecule has 1 fully saturated rings. The van der Waals surface area contributed by atoms with Crippen LogP contribution in [0.3, 0.4) is 0 Å². The Hall–Kier alpha value is -2.80. The first-order valence-electron chi connectivity index (χ1n) is 8.52. The Balaban J connectivity index is 1.49. The van der Waals surface area contributed by atoms with E-state index in [1.165, 1.54) is 5.69 Å². The summed E-state index contributed by atoms with van der Waals surface area (Å²) in [7, 11) is 2.16. The zero-order valence-corrected chi connectivity index (χ0v) is 14.2. The van der Waals surface area contributed by atoms with E-state index >= 15 is 0 Å². The number of hydrogen-bond donors (Lipinski definition) is 3. The van der Waals surface area contributed by atoms with Gasteiger partial charge < -0.3 is 20.4 Å². The number of amides is 2. The summed E-state index contributed by atoms with van der Waals surface area (Å²) < 4.78 is 0. The van der Waals surface area contributed by atoms with E-state index < -0.39 is 0 Å². The smallest absolute Gasteiger partial charge is 0.320 e. The summed E-state index contributed by atoms with van der Waals surface area (Å²) in [6, 6.07) is 10.2. The molecule has 1 aromatic heterocycles. The van der Waals surface area contributed by atoms with Crippen LogP contribution in [0, 0.1) is 0 Å². The fourth-order valence-electron chi connectivity index (χ4n) is 3.19. The van der Waals surface area contributed by atoms with E-state index in [2.05, 4.69) is 62.0 Å². The van der Waals surface area contributed by atoms with Crippen molar-refractivity contribution in [1.82, 2.24) is 15.2 Å². The highest BCUT2D eigenvalue weighted by Crippen LogP contribution is 2.28. The third-order valence-corrected chi connectivity index (χ3v) is 4.73. The summed E-state index contributed by atoms with van der Waals surface area (Å²) >= 11 is 0. The number of fused-ring (bicyclic) bond motifs is 1. The Kier molecular flexibility index (Phi) is 4.15. The number of nitrogens with one attached hydrogen (secondary N) is 3. The molecule has 2 aliphatic heterocycles. The Bertz CT molecular complexity index is 768. The Morgan fingerprint density at radius 2 is 1.84 bits per heavy atom. The first kappa shape index (κ1) is 15.7. The van der Waals surface area contributed by atoms with Gasteiger partial charge in [0.25, 0.3) is 0 Å². The van der Waals surface area contributed by atoms with Crippen molar-refractivity contribution in [1.29, 1.82) is 0 Å². The molecule has 0 bridgehead atoms. The van der Waals surface area contributed by atoms with Gasteiger partial charge in [-0.15, -0.1) is 0 Å². The largest absolute Gasteiger partial charge is 0.369 e. The van der Waals surface area contributed by atoms with Crippen LogP contribution in [0.15, 0.2) is 36.5 Å². The van der Waals surface area contributed by atoms with Crippen molar-refractivity contribution in [2.24, 2.45) is 0 Å². The number of pyridine rings is 1. The van der Waals surface area contributed by atoms with Crippen LogP contribution in [0.2, 0.25) is 0 Å². The van der Waals surface area contributed by atoms with Crippen LogP contribution in [0.1, 0.15) is 5.56 Å². The summed E-state index contributed by atoms with van der Waals surface area (Å²) in [5.41, 5.74) is 4.18. The molecule has 1 aromatic carbocycles. The minimum Gasteiger partial charge on any atom is -0.369 e. The van der Waals surface area contributed by atoms with Crippen LogP contribution < -0.4 is 20.9 Å². The highest BCUT2D eigenvalue weighted by molar-refractivity contribution is 5.92. The summed E-state index contributed by atoms with van der Waals surface area (Å²) in [5, 5.41) is 8.94. The van der Waals surface area contributed by atoms with Crippen molar-refractivity contribution >= 4 is 28.9 Å². The molecule has 2 aliphatic rings. The van der Waals surface area contributed by atoms with Gasteiger partial charge in [-0.25, -0.2) is 9.78 Å². The van der Waals surface area contributed by atoms with Gasteiger partial charge in [0.2, 0.25) is 0 Å². The molecule has 0 radical (unpaired) electrons. The molecule has 0 atom stereocenters. The molecule has 2 aromatic rings. The normalized spacial score (nSPS) is 17.5. The van der Waals surface area contributed by atoms with Gasteiger partial charge >= 0.3 is 6.03 Å². The van der Waals surface area contributed by atoms with Gasteiger partial charge in [-0.3, -0.25) is 5.32 Å². The fourth-order valence-corrected chi connectivity index (χ4v) is 3.19. The van der Waals surface area contributed by atoms with Gasteiger partial charge in [-0.1, -0.05) is 0 Å². The predicted molar refractivity (Wildman–Crippen MR) is 99.5 cm³/mol. The quantitative estimate of drug-likeness (QED) is 0.800. The summed E-state index contributed by atoms with van der Waals surface area (Å²) in [6.07, 6.45) is 1.70. The number of aromatic nitrogens is 1. The number of anilines is 4. The zero-order chi connectivity index (χ0) is 17.2. The molecule has 2 amide bonds. The monoisotopic (exact) mass is 338 g/mol. The molecule has 7 nitrogen and oxygen atoms in total. The maximum Gasteiger partial charge on any atom is 0.320 e. The second kappa shape index (κ2) is 6.60. The molecule has 1 saturated heterocycles. The molecule has 3 N–H and O–H groups in total. The molecule has 7 heteroatoms. The summed E-state index contributed by atoms with van der Waals surface area (Å²) in [5.74, 6) is 0.614. The lowest BCUT2D eigenvalue weighted by Gasteiger charge is -2.34. The lowest BCUT2D eigenvalue weighted by molar-refractivity contribution is 0.250. The molecule has 0 saturated carbocycles. The first-order valence-corrected chi connectivity index (χ1v) is 8.52. The number of urea groups is 1. The highest BCUT2D eigenvalue weighted by Gasteiger charge is 2.18. The van der Waals surface area contributed by atoms with Crippen molar-refractivity contribution in [2.45, 2.75) is 6.54 Å². The van der Waals surface area contributed by atoms with E-state index in [1.54, 1.807) is 6.20 Å². The maximum absolute atomic E-state index is 11.4. The van der Waals surface area contributed by atoms with Crippen LogP contribution >= 0.6 is 0 Å². The average molecular weight is 338 g/mol. The second-order valence-electron chi connectivity index (χ2n) is 6.46. The number of likely N-dealkylation sites (N-methyl/N-ethyl adjacent to an activating group) is 1. The lowest BCUT2D eigenvalue weighted by atomic mass is 10.1. The van der Waals surface area contributed by atoms with Gasteiger partial charge in [-0.05, 0) is 37.4 Å². The first-order chi connectivity index (χ1) is 12.2. The maximum atomic E-state index is 11.4. The van der Waals surface area contributed by atoms with Gasteiger partial charge in [-0.2, -0.15) is 0 Å². The molecule has 130 valence electrons. The van der Waals surface area contributed by atoms with Gasteiger partial charge in [0.15, 0.2) is 0 Å². The van der Waals surface area contributed by atoms with E-state index in [0.29, 0.717) is 12.4 Å². The van der Waals surface area contributed by atoms with Crippen LogP contribution in [-0.2, 0) is 6.54 Å². The topological polar surface area (TPSA) is 72.5 Å². The zero-order valence-electron chi connectivity index (χ0n) is 14.2. The summed E-state index contributed by atoms with van der Waals surface area (Å²) in [4.78, 5) is 20.4. The van der Waals surface area contributed by atoms with Crippen LogP contribution in [0.25, 0.3) is 0 Å². The summed E-state index contributed by atoms with van der Waals surface area (Å²) in [6.45, 7) is 4.79. The molecule has 25 heavy (non-hydrogen) atoms. The molecule has 0 unspecified atom stereocenters. The minimum absolute atomic E-state index is 0.214. The number of rotatable bonds is 3. The van der Waals surface area contributed by atoms with E-state index in [4.69, 9.17) is 0 Å². The van der Waals surface area contributed by atoms with Gasteiger partial charge in [0, 0.05) is 55.0 Å². The second-order valence-corrected chi connectivity index (χ2v) is 6.46. The standard InChI is InChI=1S/C18H22N6O/c1-23-8-10-24(11-9-23)14-4-2-13(3-5-14)21-16-6-7-19-17-15(16)12-20-18(25)22-17/h2-7H,8-12H2,1H3,(H3,19,20,21,22,25). The van der Waals surface area contributed by atoms with Crippen molar-refractivity contribution in [3.05, 3.63) is 42.1 Å². The van der Waals surface area contributed by atoms with E-state index in [0.717, 1.165) is 43.1 Å². The molecule has 0 spiro atoms. The van der Waals surface area contributed by atoms with Crippen molar-refractivity contribution < 1.29 is 4.79 Å². The lowest BCUT2D eigenvalue weighted by Crippen LogP contribution is -2.44. The number of carbonyl (C=O) groups is 1. The average Bonchev–Trinajstić information content (AvgIpc) is 2.63.